The summed E-state index contributed by atoms with van der Waals surface area (Å²) in [7, 11) is 0. The van der Waals surface area contributed by atoms with Crippen molar-refractivity contribution >= 4 is 36.5 Å². The molecule has 1 amide bonds. The molecule has 144 valence electrons. The van der Waals surface area contributed by atoms with Gasteiger partial charge in [-0.25, -0.2) is 4.98 Å². The lowest BCUT2D eigenvalue weighted by Gasteiger charge is -2.28. The van der Waals surface area contributed by atoms with Crippen LogP contribution in [0.15, 0.2) is 18.3 Å². The summed E-state index contributed by atoms with van der Waals surface area (Å²) in [5, 5.41) is 3.35. The van der Waals surface area contributed by atoms with Gasteiger partial charge in [0.1, 0.15) is 5.82 Å². The van der Waals surface area contributed by atoms with E-state index < -0.39 is 0 Å². The zero-order valence-electron chi connectivity index (χ0n) is 15.5. The highest BCUT2D eigenvalue weighted by Crippen LogP contribution is 2.16. The molecule has 1 aromatic rings. The summed E-state index contributed by atoms with van der Waals surface area (Å²) in [5.74, 6) is 1.06. The van der Waals surface area contributed by atoms with Crippen molar-refractivity contribution in [2.45, 2.75) is 46.1 Å². The van der Waals surface area contributed by atoms with Gasteiger partial charge >= 0.3 is 0 Å². The second-order valence-electron chi connectivity index (χ2n) is 6.13. The summed E-state index contributed by atoms with van der Waals surface area (Å²) >= 11 is 0. The van der Waals surface area contributed by atoms with E-state index in [1.54, 1.807) is 6.20 Å². The van der Waals surface area contributed by atoms with Crippen molar-refractivity contribution in [2.24, 2.45) is 0 Å². The van der Waals surface area contributed by atoms with Gasteiger partial charge in [0.25, 0.3) is 5.91 Å². The van der Waals surface area contributed by atoms with Gasteiger partial charge < -0.3 is 15.1 Å². The summed E-state index contributed by atoms with van der Waals surface area (Å²) in [6.45, 7) is 11.1. The first-order valence-corrected chi connectivity index (χ1v) is 8.93. The molecular weight excluding hydrogens is 359 g/mol. The molecule has 0 aromatic carbocycles. The van der Waals surface area contributed by atoms with E-state index in [0.717, 1.165) is 57.8 Å². The van der Waals surface area contributed by atoms with Crippen LogP contribution in [-0.4, -0.2) is 54.6 Å². The van der Waals surface area contributed by atoms with Crippen molar-refractivity contribution in [1.82, 2.24) is 15.2 Å². The van der Waals surface area contributed by atoms with Crippen LogP contribution in [0.5, 0.6) is 0 Å². The van der Waals surface area contributed by atoms with Crippen LogP contribution < -0.4 is 10.2 Å². The van der Waals surface area contributed by atoms with E-state index in [1.165, 1.54) is 0 Å². The molecule has 0 aliphatic carbocycles. The number of carbonyl (C=O) groups excluding carboxylic acids is 1. The largest absolute Gasteiger partial charge is 0.357 e. The third-order valence-electron chi connectivity index (χ3n) is 4.39. The van der Waals surface area contributed by atoms with Crippen molar-refractivity contribution in [2.75, 3.05) is 37.6 Å². The Kier molecular flexibility index (Phi) is 11.8. The van der Waals surface area contributed by atoms with E-state index in [9.17, 15) is 4.79 Å². The number of anilines is 1. The minimum Gasteiger partial charge on any atom is -0.357 e. The predicted octanol–water partition coefficient (Wildman–Crippen LogP) is 3.38. The van der Waals surface area contributed by atoms with Gasteiger partial charge in [0.2, 0.25) is 0 Å². The lowest BCUT2D eigenvalue weighted by molar-refractivity contribution is 0.0692. The Labute approximate surface area is 164 Å². The fourth-order valence-electron chi connectivity index (χ4n) is 3.17. The molecule has 2 rings (SSSR count). The van der Waals surface area contributed by atoms with Gasteiger partial charge in [0.15, 0.2) is 0 Å². The van der Waals surface area contributed by atoms with Crippen molar-refractivity contribution in [3.8, 4) is 0 Å². The molecule has 1 atom stereocenters. The van der Waals surface area contributed by atoms with Crippen LogP contribution in [0.25, 0.3) is 0 Å². The van der Waals surface area contributed by atoms with E-state index in [0.29, 0.717) is 11.6 Å². The molecule has 1 saturated heterocycles. The minimum absolute atomic E-state index is 0. The van der Waals surface area contributed by atoms with E-state index in [4.69, 9.17) is 0 Å². The van der Waals surface area contributed by atoms with E-state index >= 15 is 0 Å². The van der Waals surface area contributed by atoms with Crippen molar-refractivity contribution in [3.05, 3.63) is 23.9 Å². The Morgan fingerprint density at radius 1 is 1.20 bits per heavy atom. The highest BCUT2D eigenvalue weighted by molar-refractivity contribution is 5.94. The lowest BCUT2D eigenvalue weighted by Crippen LogP contribution is -2.42. The number of hydrogen-bond donors (Lipinski definition) is 1. The number of aromatic nitrogens is 1. The van der Waals surface area contributed by atoms with Crippen molar-refractivity contribution in [3.63, 3.8) is 0 Å². The number of halogens is 2. The summed E-state index contributed by atoms with van der Waals surface area (Å²) in [5.41, 5.74) is 0.696. The van der Waals surface area contributed by atoms with Crippen LogP contribution in [0.4, 0.5) is 5.82 Å². The molecule has 1 unspecified atom stereocenters. The average molecular weight is 391 g/mol. The first-order chi connectivity index (χ1) is 11.2. The number of hydrogen-bond acceptors (Lipinski definition) is 4. The van der Waals surface area contributed by atoms with E-state index in [1.807, 2.05) is 17.0 Å². The van der Waals surface area contributed by atoms with Crippen molar-refractivity contribution < 1.29 is 4.79 Å². The van der Waals surface area contributed by atoms with Gasteiger partial charge in [0, 0.05) is 38.4 Å². The SMILES string of the molecule is CCCN(CC)c1ccc(C(=O)N(CCC)C2CCNC2)cn1.Cl.Cl. The van der Waals surface area contributed by atoms with Crippen LogP contribution in [0, 0.1) is 0 Å². The summed E-state index contributed by atoms with van der Waals surface area (Å²) in [6, 6.07) is 4.21. The van der Waals surface area contributed by atoms with Gasteiger partial charge in [-0.15, -0.1) is 24.8 Å². The van der Waals surface area contributed by atoms with Gasteiger partial charge in [-0.1, -0.05) is 13.8 Å². The zero-order chi connectivity index (χ0) is 16.7. The second kappa shape index (κ2) is 12.3. The van der Waals surface area contributed by atoms with Gasteiger partial charge in [0.05, 0.1) is 5.56 Å². The van der Waals surface area contributed by atoms with E-state index in [-0.39, 0.29) is 30.7 Å². The predicted molar refractivity (Wildman–Crippen MR) is 110 cm³/mol. The Bertz CT molecular complexity index is 492. The number of carbonyl (C=O) groups is 1. The fourth-order valence-corrected chi connectivity index (χ4v) is 3.17. The number of rotatable bonds is 8. The second-order valence-corrected chi connectivity index (χ2v) is 6.13. The number of nitrogens with one attached hydrogen (secondary N) is 1. The summed E-state index contributed by atoms with van der Waals surface area (Å²) < 4.78 is 0. The first-order valence-electron chi connectivity index (χ1n) is 8.93. The first kappa shape index (κ1) is 24.0. The summed E-state index contributed by atoms with van der Waals surface area (Å²) in [6.07, 6.45) is 4.85. The maximum Gasteiger partial charge on any atom is 0.255 e. The normalized spacial score (nSPS) is 15.9. The molecule has 2 heterocycles. The minimum atomic E-state index is 0. The van der Waals surface area contributed by atoms with Crippen LogP contribution in [-0.2, 0) is 0 Å². The number of amides is 1. The number of pyridine rings is 1. The number of nitrogens with zero attached hydrogens (tertiary/aromatic N) is 3. The molecule has 1 aliphatic heterocycles. The van der Waals surface area contributed by atoms with Gasteiger partial charge in [-0.05, 0) is 44.9 Å². The zero-order valence-corrected chi connectivity index (χ0v) is 17.2. The maximum absolute atomic E-state index is 12.8. The molecule has 0 radical (unpaired) electrons. The molecule has 1 aromatic heterocycles. The van der Waals surface area contributed by atoms with Crippen LogP contribution in [0.3, 0.4) is 0 Å². The van der Waals surface area contributed by atoms with Gasteiger partial charge in [-0.3, -0.25) is 4.79 Å². The molecule has 25 heavy (non-hydrogen) atoms. The quantitative estimate of drug-likeness (QED) is 0.738. The Balaban J connectivity index is 0.00000288. The molecular formula is C18H32Cl2N4O. The maximum atomic E-state index is 12.8. The Morgan fingerprint density at radius 2 is 1.92 bits per heavy atom. The van der Waals surface area contributed by atoms with E-state index in [2.05, 4.69) is 36.0 Å². The standard InChI is InChI=1S/C18H30N4O.2ClH/c1-4-11-21(6-3)17-8-7-15(13-20-17)18(23)22(12-5-2)16-9-10-19-14-16;;/h7-8,13,16,19H,4-6,9-12,14H2,1-3H3;2*1H. The van der Waals surface area contributed by atoms with Crippen LogP contribution in [0.2, 0.25) is 0 Å². The van der Waals surface area contributed by atoms with Crippen molar-refractivity contribution in [1.29, 1.82) is 0 Å². The molecule has 1 fully saturated rings. The van der Waals surface area contributed by atoms with Crippen LogP contribution >= 0.6 is 24.8 Å². The molecule has 1 aliphatic rings. The van der Waals surface area contributed by atoms with Crippen LogP contribution in [0.1, 0.15) is 50.4 Å². The highest BCUT2D eigenvalue weighted by Gasteiger charge is 2.26. The lowest BCUT2D eigenvalue weighted by atomic mass is 10.1. The highest BCUT2D eigenvalue weighted by atomic mass is 35.5. The Hall–Kier alpha value is -1.04. The smallest absolute Gasteiger partial charge is 0.255 e. The topological polar surface area (TPSA) is 48.5 Å². The average Bonchev–Trinajstić information content (AvgIpc) is 3.11. The monoisotopic (exact) mass is 390 g/mol. The molecule has 0 bridgehead atoms. The van der Waals surface area contributed by atoms with Gasteiger partial charge in [-0.2, -0.15) is 0 Å². The molecule has 1 N–H and O–H groups in total. The third-order valence-corrected chi connectivity index (χ3v) is 4.39. The Morgan fingerprint density at radius 3 is 2.40 bits per heavy atom. The molecule has 0 spiro atoms. The molecule has 0 saturated carbocycles. The summed E-state index contributed by atoms with van der Waals surface area (Å²) in [4.78, 5) is 21.6. The molecule has 5 nitrogen and oxygen atoms in total. The fraction of sp³-hybridized carbons (Fsp3) is 0.667. The third kappa shape index (κ3) is 6.32. The molecule has 7 heteroatoms.